The minimum atomic E-state index is -0.371. The van der Waals surface area contributed by atoms with Crippen LogP contribution < -0.4 is 9.80 Å². The summed E-state index contributed by atoms with van der Waals surface area (Å²) >= 11 is 0. The van der Waals surface area contributed by atoms with Crippen molar-refractivity contribution in [1.29, 1.82) is 0 Å². The summed E-state index contributed by atoms with van der Waals surface area (Å²) in [6.45, 7) is 6.80. The molecule has 5 nitrogen and oxygen atoms in total. The van der Waals surface area contributed by atoms with Gasteiger partial charge in [-0.3, -0.25) is 14.5 Å². The molecule has 2 aliphatic heterocycles. The maximum absolute atomic E-state index is 14.5. The number of carbonyl (C=O) groups excluding carboxylic acids is 2. The van der Waals surface area contributed by atoms with Crippen LogP contribution in [0.25, 0.3) is 0 Å². The SMILES string of the molecule is CC(=O)c1ccc(N2CCN([C@H](C)C(=O)N3CCc4ccccc43)CC2)c(F)c1. The number of halogens is 1. The average Bonchev–Trinajstić information content (AvgIpc) is 3.17. The van der Waals surface area contributed by atoms with E-state index in [1.807, 2.05) is 34.9 Å². The van der Waals surface area contributed by atoms with E-state index in [1.165, 1.54) is 18.6 Å². The van der Waals surface area contributed by atoms with E-state index < -0.39 is 0 Å². The van der Waals surface area contributed by atoms with Gasteiger partial charge in [0, 0.05) is 44.0 Å². The number of hydrogen-bond acceptors (Lipinski definition) is 4. The summed E-state index contributed by atoms with van der Waals surface area (Å²) in [6, 6.07) is 12.5. The molecule has 0 radical (unpaired) electrons. The predicted octanol–water partition coefficient (Wildman–Crippen LogP) is 3.13. The van der Waals surface area contributed by atoms with Crippen molar-refractivity contribution in [3.8, 4) is 0 Å². The molecule has 0 saturated carbocycles. The van der Waals surface area contributed by atoms with Crippen molar-refractivity contribution < 1.29 is 14.0 Å². The standard InChI is InChI=1S/C23H26FN3O2/c1-16(23(29)27-10-9-18-5-3-4-6-21(18)27)25-11-13-26(14-12-25)22-8-7-19(17(2)28)15-20(22)24/h3-8,15-16H,9-14H2,1-2H3/t16-/m1/s1. The molecule has 1 saturated heterocycles. The van der Waals surface area contributed by atoms with E-state index in [-0.39, 0.29) is 23.5 Å². The fraction of sp³-hybridized carbons (Fsp3) is 0.391. The number of ketones is 1. The van der Waals surface area contributed by atoms with E-state index in [0.29, 0.717) is 37.4 Å². The molecule has 2 heterocycles. The molecule has 1 fully saturated rings. The van der Waals surface area contributed by atoms with Gasteiger partial charge in [0.1, 0.15) is 5.82 Å². The van der Waals surface area contributed by atoms with Gasteiger partial charge in [0.25, 0.3) is 0 Å². The smallest absolute Gasteiger partial charge is 0.244 e. The molecule has 2 aromatic carbocycles. The largest absolute Gasteiger partial charge is 0.367 e. The summed E-state index contributed by atoms with van der Waals surface area (Å²) in [5.41, 5.74) is 3.15. The molecular formula is C23H26FN3O2. The monoisotopic (exact) mass is 395 g/mol. The molecule has 0 N–H and O–H groups in total. The molecule has 6 heteroatoms. The lowest BCUT2D eigenvalue weighted by atomic mass is 10.1. The van der Waals surface area contributed by atoms with Crippen LogP contribution >= 0.6 is 0 Å². The Hall–Kier alpha value is -2.73. The molecular weight excluding hydrogens is 369 g/mol. The van der Waals surface area contributed by atoms with Crippen molar-refractivity contribution >= 4 is 23.1 Å². The maximum atomic E-state index is 14.5. The number of carbonyl (C=O) groups is 2. The number of piperazine rings is 1. The third-order valence-corrected chi connectivity index (χ3v) is 6.07. The van der Waals surface area contributed by atoms with Gasteiger partial charge in [-0.05, 0) is 50.1 Å². The number of hydrogen-bond donors (Lipinski definition) is 0. The molecule has 0 bridgehead atoms. The van der Waals surface area contributed by atoms with Crippen LogP contribution in [0.5, 0.6) is 0 Å². The highest BCUT2D eigenvalue weighted by Crippen LogP contribution is 2.29. The molecule has 2 aromatic rings. The zero-order valence-electron chi connectivity index (χ0n) is 16.9. The van der Waals surface area contributed by atoms with E-state index >= 15 is 0 Å². The molecule has 1 atom stereocenters. The van der Waals surface area contributed by atoms with Crippen LogP contribution in [0, 0.1) is 5.82 Å². The van der Waals surface area contributed by atoms with Crippen LogP contribution in [0.3, 0.4) is 0 Å². The Labute approximate surface area is 170 Å². The first-order valence-corrected chi connectivity index (χ1v) is 10.1. The van der Waals surface area contributed by atoms with Crippen LogP contribution in [-0.4, -0.2) is 55.4 Å². The molecule has 29 heavy (non-hydrogen) atoms. The Morgan fingerprint density at radius 2 is 1.69 bits per heavy atom. The lowest BCUT2D eigenvalue weighted by Gasteiger charge is -2.39. The Kier molecular flexibility index (Phi) is 5.37. The van der Waals surface area contributed by atoms with Crippen molar-refractivity contribution in [1.82, 2.24) is 4.90 Å². The van der Waals surface area contributed by atoms with Crippen molar-refractivity contribution in [2.24, 2.45) is 0 Å². The third-order valence-electron chi connectivity index (χ3n) is 6.07. The van der Waals surface area contributed by atoms with Crippen molar-refractivity contribution in [3.05, 3.63) is 59.4 Å². The van der Waals surface area contributed by atoms with Gasteiger partial charge < -0.3 is 9.80 Å². The summed E-state index contributed by atoms with van der Waals surface area (Å²) < 4.78 is 14.5. The van der Waals surface area contributed by atoms with Gasteiger partial charge in [-0.1, -0.05) is 18.2 Å². The molecule has 152 valence electrons. The molecule has 0 aromatic heterocycles. The molecule has 0 spiro atoms. The summed E-state index contributed by atoms with van der Waals surface area (Å²) in [4.78, 5) is 30.6. The third kappa shape index (κ3) is 3.77. The zero-order valence-corrected chi connectivity index (χ0v) is 16.9. The lowest BCUT2D eigenvalue weighted by molar-refractivity contribution is -0.123. The predicted molar refractivity (Wildman–Crippen MR) is 112 cm³/mol. The highest BCUT2D eigenvalue weighted by Gasteiger charge is 2.32. The van der Waals surface area contributed by atoms with Gasteiger partial charge in [0.2, 0.25) is 5.91 Å². The Morgan fingerprint density at radius 1 is 0.966 bits per heavy atom. The van der Waals surface area contributed by atoms with E-state index in [2.05, 4.69) is 11.0 Å². The summed E-state index contributed by atoms with van der Waals surface area (Å²) in [5, 5.41) is 0. The van der Waals surface area contributed by atoms with Crippen molar-refractivity contribution in [3.63, 3.8) is 0 Å². The number of Topliss-reactive ketones (excluding diaryl/α,β-unsaturated/α-hetero) is 1. The van der Waals surface area contributed by atoms with Crippen molar-refractivity contribution in [2.45, 2.75) is 26.3 Å². The molecule has 0 unspecified atom stereocenters. The van der Waals surface area contributed by atoms with Crippen LogP contribution in [0.15, 0.2) is 42.5 Å². The second kappa shape index (κ2) is 7.95. The van der Waals surface area contributed by atoms with E-state index in [1.54, 1.807) is 12.1 Å². The van der Waals surface area contributed by atoms with E-state index in [4.69, 9.17) is 0 Å². The number of amides is 1. The fourth-order valence-electron chi connectivity index (χ4n) is 4.28. The van der Waals surface area contributed by atoms with Gasteiger partial charge in [0.05, 0.1) is 11.7 Å². The number of nitrogens with zero attached hydrogens (tertiary/aromatic N) is 3. The minimum absolute atomic E-state index is 0.125. The average molecular weight is 395 g/mol. The first-order valence-electron chi connectivity index (χ1n) is 10.1. The quantitative estimate of drug-likeness (QED) is 0.746. The normalized spacial score (nSPS) is 17.9. The topological polar surface area (TPSA) is 43.9 Å². The summed E-state index contributed by atoms with van der Waals surface area (Å²) in [5.74, 6) is -0.388. The van der Waals surface area contributed by atoms with E-state index in [9.17, 15) is 14.0 Å². The second-order valence-electron chi connectivity index (χ2n) is 7.79. The number of benzene rings is 2. The van der Waals surface area contributed by atoms with Crippen LogP contribution in [0.4, 0.5) is 15.8 Å². The number of rotatable bonds is 4. The molecule has 2 aliphatic rings. The number of para-hydroxylation sites is 1. The maximum Gasteiger partial charge on any atom is 0.244 e. The van der Waals surface area contributed by atoms with Gasteiger partial charge in [-0.25, -0.2) is 4.39 Å². The minimum Gasteiger partial charge on any atom is -0.367 e. The van der Waals surface area contributed by atoms with Crippen LogP contribution in [0.1, 0.15) is 29.8 Å². The van der Waals surface area contributed by atoms with Crippen LogP contribution in [0.2, 0.25) is 0 Å². The van der Waals surface area contributed by atoms with Gasteiger partial charge >= 0.3 is 0 Å². The molecule has 4 rings (SSSR count). The zero-order chi connectivity index (χ0) is 20.5. The van der Waals surface area contributed by atoms with Crippen LogP contribution in [-0.2, 0) is 11.2 Å². The number of anilines is 2. The van der Waals surface area contributed by atoms with Crippen molar-refractivity contribution in [2.75, 3.05) is 42.5 Å². The van der Waals surface area contributed by atoms with E-state index in [0.717, 1.165) is 18.7 Å². The highest BCUT2D eigenvalue weighted by molar-refractivity contribution is 5.98. The number of fused-ring (bicyclic) bond motifs is 1. The summed E-state index contributed by atoms with van der Waals surface area (Å²) in [6.07, 6.45) is 0.901. The molecule has 1 amide bonds. The van der Waals surface area contributed by atoms with Gasteiger partial charge in [-0.15, -0.1) is 0 Å². The lowest BCUT2D eigenvalue weighted by Crippen LogP contribution is -2.54. The first kappa shape index (κ1) is 19.6. The molecule has 0 aliphatic carbocycles. The van der Waals surface area contributed by atoms with Gasteiger partial charge in [0.15, 0.2) is 5.78 Å². The Bertz CT molecular complexity index is 937. The Morgan fingerprint density at radius 3 is 2.38 bits per heavy atom. The fourth-order valence-corrected chi connectivity index (χ4v) is 4.28. The second-order valence-corrected chi connectivity index (χ2v) is 7.79. The summed E-state index contributed by atoms with van der Waals surface area (Å²) in [7, 11) is 0. The highest BCUT2D eigenvalue weighted by atomic mass is 19.1. The van der Waals surface area contributed by atoms with Gasteiger partial charge in [-0.2, -0.15) is 0 Å². The Balaban J connectivity index is 1.40. The first-order chi connectivity index (χ1) is 14.0.